The molecule has 0 aliphatic heterocycles. The number of alkyl halides is 3. The number of nitrogens with two attached hydrogens (primary N) is 1. The molecule has 8 nitrogen and oxygen atoms in total. The molecule has 2 aromatic carbocycles. The van der Waals surface area contributed by atoms with E-state index in [-0.39, 0.29) is 39.2 Å². The van der Waals surface area contributed by atoms with Crippen LogP contribution in [-0.4, -0.2) is 39.8 Å². The van der Waals surface area contributed by atoms with Crippen LogP contribution in [-0.2, 0) is 30.8 Å². The highest BCUT2D eigenvalue weighted by atomic mass is 32.2. The summed E-state index contributed by atoms with van der Waals surface area (Å²) in [6.07, 6.45) is 1.35. The van der Waals surface area contributed by atoms with E-state index >= 15 is 0 Å². The quantitative estimate of drug-likeness (QED) is 0.333. The molecule has 39 heavy (non-hydrogen) atoms. The Hall–Kier alpha value is -3.58. The Balaban J connectivity index is 1.61. The number of sulfone groups is 1. The van der Waals surface area contributed by atoms with Gasteiger partial charge in [0.05, 0.1) is 21.0 Å². The smallest absolute Gasteiger partial charge is 0.435 e. The Morgan fingerprint density at radius 3 is 2.33 bits per heavy atom. The van der Waals surface area contributed by atoms with Crippen molar-refractivity contribution in [1.82, 2.24) is 9.97 Å². The number of oxazole rings is 1. The molecule has 0 saturated heterocycles. The molecule has 204 valence electrons. The molecule has 4 aromatic rings. The monoisotopic (exact) mass is 577 g/mol. The van der Waals surface area contributed by atoms with Gasteiger partial charge in [-0.25, -0.2) is 22.6 Å². The van der Waals surface area contributed by atoms with E-state index in [2.05, 4.69) is 9.97 Å². The molecule has 0 spiro atoms. The second kappa shape index (κ2) is 9.26. The van der Waals surface area contributed by atoms with Gasteiger partial charge in [-0.2, -0.15) is 13.2 Å². The standard InChI is InChI=1S/C26H22F3N3O5S2/c1-3-39(35,36)21-13-18(15-4-6-16(7-5-15)25(10-11-25)24(30)33)14(2)31-22(21)23-32-19-12-17(8-9-20(19)37-23)38(34)26(27,28)29/h4-9,12-13H,3,10-11H2,1-2H3,(H2,30,33). The van der Waals surface area contributed by atoms with Crippen LogP contribution in [0.2, 0.25) is 0 Å². The number of aromatic nitrogens is 2. The minimum Gasteiger partial charge on any atom is -0.435 e. The Morgan fingerprint density at radius 1 is 1.10 bits per heavy atom. The Labute approximate surface area is 223 Å². The van der Waals surface area contributed by atoms with E-state index in [0.29, 0.717) is 29.7 Å². The van der Waals surface area contributed by atoms with Crippen molar-refractivity contribution in [2.75, 3.05) is 5.75 Å². The van der Waals surface area contributed by atoms with E-state index in [1.54, 1.807) is 31.2 Å². The highest BCUT2D eigenvalue weighted by Crippen LogP contribution is 2.48. The molecule has 1 atom stereocenters. The second-order valence-corrected chi connectivity index (χ2v) is 13.0. The average Bonchev–Trinajstić information content (AvgIpc) is 3.60. The summed E-state index contributed by atoms with van der Waals surface area (Å²) in [4.78, 5) is 19.9. The first-order valence-electron chi connectivity index (χ1n) is 11.8. The van der Waals surface area contributed by atoms with E-state index in [9.17, 15) is 30.6 Å². The second-order valence-electron chi connectivity index (χ2n) is 9.26. The summed E-state index contributed by atoms with van der Waals surface area (Å²) in [5.74, 6) is -0.836. The first-order valence-corrected chi connectivity index (χ1v) is 14.6. The van der Waals surface area contributed by atoms with Crippen LogP contribution in [0, 0.1) is 6.92 Å². The van der Waals surface area contributed by atoms with Gasteiger partial charge in [-0.05, 0) is 55.2 Å². The van der Waals surface area contributed by atoms with Crippen LogP contribution in [0.15, 0.2) is 62.7 Å². The molecular formula is C26H22F3N3O5S2. The number of rotatable bonds is 7. The molecule has 2 heterocycles. The molecule has 13 heteroatoms. The lowest BCUT2D eigenvalue weighted by atomic mass is 9.93. The maximum Gasteiger partial charge on any atom is 0.475 e. The minimum atomic E-state index is -4.95. The van der Waals surface area contributed by atoms with Gasteiger partial charge in [-0.15, -0.1) is 0 Å². The van der Waals surface area contributed by atoms with Gasteiger partial charge in [-0.3, -0.25) is 4.79 Å². The number of halogens is 3. The number of amides is 1. The van der Waals surface area contributed by atoms with E-state index in [1.807, 2.05) is 0 Å². The van der Waals surface area contributed by atoms with Crippen molar-refractivity contribution in [2.24, 2.45) is 5.73 Å². The molecule has 0 radical (unpaired) electrons. The lowest BCUT2D eigenvalue weighted by molar-refractivity contribution is -0.120. The van der Waals surface area contributed by atoms with Crippen LogP contribution in [0.25, 0.3) is 33.8 Å². The predicted molar refractivity (Wildman–Crippen MR) is 138 cm³/mol. The lowest BCUT2D eigenvalue weighted by Crippen LogP contribution is -2.28. The Bertz CT molecular complexity index is 1760. The fourth-order valence-corrected chi connectivity index (χ4v) is 6.17. The van der Waals surface area contributed by atoms with Crippen LogP contribution in [0.5, 0.6) is 0 Å². The first kappa shape index (κ1) is 27.0. The number of carbonyl (C=O) groups excluding carboxylic acids is 1. The Kier molecular flexibility index (Phi) is 6.41. The molecule has 1 amide bonds. The fourth-order valence-electron chi connectivity index (χ4n) is 4.45. The van der Waals surface area contributed by atoms with Gasteiger partial charge in [0.1, 0.15) is 11.2 Å². The number of pyridine rings is 1. The summed E-state index contributed by atoms with van der Waals surface area (Å²) in [6.45, 7) is 3.14. The van der Waals surface area contributed by atoms with Crippen LogP contribution < -0.4 is 5.73 Å². The van der Waals surface area contributed by atoms with E-state index in [0.717, 1.165) is 17.7 Å². The summed E-state index contributed by atoms with van der Waals surface area (Å²) in [5.41, 5.74) is 2.36. The number of carbonyl (C=O) groups is 1. The number of hydrogen-bond acceptors (Lipinski definition) is 7. The van der Waals surface area contributed by atoms with E-state index in [1.165, 1.54) is 19.1 Å². The van der Waals surface area contributed by atoms with Gasteiger partial charge in [0.25, 0.3) is 0 Å². The van der Waals surface area contributed by atoms with Crippen LogP contribution in [0.4, 0.5) is 13.2 Å². The summed E-state index contributed by atoms with van der Waals surface area (Å²) >= 11 is 0. The van der Waals surface area contributed by atoms with Gasteiger partial charge in [0, 0.05) is 11.3 Å². The maximum atomic E-state index is 13.1. The van der Waals surface area contributed by atoms with E-state index in [4.69, 9.17) is 10.2 Å². The number of primary amides is 1. The maximum absolute atomic E-state index is 13.1. The van der Waals surface area contributed by atoms with Crippen LogP contribution >= 0.6 is 0 Å². The molecule has 2 N–H and O–H groups in total. The molecule has 1 saturated carbocycles. The molecule has 5 rings (SSSR count). The molecule has 1 aliphatic rings. The summed E-state index contributed by atoms with van der Waals surface area (Å²) in [7, 11) is -7.12. The summed E-state index contributed by atoms with van der Waals surface area (Å²) in [6, 6.07) is 11.8. The molecule has 1 unspecified atom stereocenters. The third-order valence-electron chi connectivity index (χ3n) is 6.85. The van der Waals surface area contributed by atoms with Crippen LogP contribution in [0.3, 0.4) is 0 Å². The van der Waals surface area contributed by atoms with Gasteiger partial charge >= 0.3 is 5.51 Å². The minimum absolute atomic E-state index is 0.0254. The third kappa shape index (κ3) is 4.73. The third-order valence-corrected chi connectivity index (χ3v) is 9.69. The van der Waals surface area contributed by atoms with Crippen LogP contribution in [0.1, 0.15) is 31.0 Å². The Morgan fingerprint density at radius 2 is 1.77 bits per heavy atom. The number of aryl methyl sites for hydroxylation is 1. The first-order chi connectivity index (χ1) is 18.3. The summed E-state index contributed by atoms with van der Waals surface area (Å²) < 4.78 is 82.4. The van der Waals surface area contributed by atoms with Crippen molar-refractivity contribution in [3.8, 4) is 22.7 Å². The van der Waals surface area contributed by atoms with Crippen molar-refractivity contribution in [2.45, 2.75) is 47.4 Å². The number of hydrogen-bond donors (Lipinski definition) is 1. The lowest BCUT2D eigenvalue weighted by Gasteiger charge is -2.14. The highest BCUT2D eigenvalue weighted by Gasteiger charge is 2.49. The molecule has 1 fully saturated rings. The SMILES string of the molecule is CCS(=O)(=O)c1cc(-c2ccc(C3(C(N)=O)CC3)cc2)c(C)nc1-c1nc2cc(S(=O)C(F)(F)F)ccc2o1. The van der Waals surface area contributed by atoms with Crippen molar-refractivity contribution in [1.29, 1.82) is 0 Å². The van der Waals surface area contributed by atoms with Crippen molar-refractivity contribution < 1.29 is 35.0 Å². The zero-order valence-corrected chi connectivity index (χ0v) is 22.3. The molecular weight excluding hydrogens is 555 g/mol. The van der Waals surface area contributed by atoms with Crippen molar-refractivity contribution in [3.05, 3.63) is 59.8 Å². The van der Waals surface area contributed by atoms with Crippen molar-refractivity contribution in [3.63, 3.8) is 0 Å². The fraction of sp³-hybridized carbons (Fsp3) is 0.269. The van der Waals surface area contributed by atoms with E-state index < -0.39 is 36.5 Å². The zero-order chi connectivity index (χ0) is 28.3. The predicted octanol–water partition coefficient (Wildman–Crippen LogP) is 4.80. The average molecular weight is 578 g/mol. The number of fused-ring (bicyclic) bond motifs is 1. The van der Waals surface area contributed by atoms with Gasteiger partial charge in [0.15, 0.2) is 26.2 Å². The zero-order valence-electron chi connectivity index (χ0n) is 20.7. The highest BCUT2D eigenvalue weighted by molar-refractivity contribution is 7.91. The topological polar surface area (TPSA) is 133 Å². The van der Waals surface area contributed by atoms with Gasteiger partial charge in [0.2, 0.25) is 11.8 Å². The number of nitrogens with zero attached hydrogens (tertiary/aromatic N) is 2. The van der Waals surface area contributed by atoms with Gasteiger partial charge < -0.3 is 10.2 Å². The number of benzene rings is 2. The van der Waals surface area contributed by atoms with Crippen molar-refractivity contribution >= 4 is 37.6 Å². The largest absolute Gasteiger partial charge is 0.475 e. The molecule has 2 aromatic heterocycles. The van der Waals surface area contributed by atoms with Gasteiger partial charge in [-0.1, -0.05) is 31.2 Å². The molecule has 0 bridgehead atoms. The summed E-state index contributed by atoms with van der Waals surface area (Å²) in [5, 5.41) is 0. The molecule has 1 aliphatic carbocycles. The normalized spacial score (nSPS) is 15.8.